The highest BCUT2D eigenvalue weighted by Gasteiger charge is 2.41. The Hall–Kier alpha value is -1.10. The maximum absolute atomic E-state index is 11.5. The molecule has 0 spiro atoms. The second kappa shape index (κ2) is 5.30. The highest BCUT2D eigenvalue weighted by molar-refractivity contribution is 5.83. The van der Waals surface area contributed by atoms with E-state index in [0.29, 0.717) is 6.61 Å². The summed E-state index contributed by atoms with van der Waals surface area (Å²) in [5.41, 5.74) is 0. The van der Waals surface area contributed by atoms with Crippen LogP contribution in [0.3, 0.4) is 0 Å². The molecule has 0 heterocycles. The fourth-order valence-electron chi connectivity index (χ4n) is 2.02. The average molecular weight is 229 g/mol. The molecule has 0 radical (unpaired) electrons. The normalized spacial score (nSPS) is 18.9. The minimum Gasteiger partial charge on any atom is -0.480 e. The first-order valence-electron chi connectivity index (χ1n) is 5.49. The Balaban J connectivity index is 2.80. The third kappa shape index (κ3) is 2.95. The van der Waals surface area contributed by atoms with Gasteiger partial charge in [0.15, 0.2) is 0 Å². The van der Waals surface area contributed by atoms with E-state index in [1.807, 2.05) is 0 Å². The standard InChI is InChI=1S/C11H19NO4/c1-7(6-16-3)10(11(14)15)12(8(2)13)9-4-5-9/h7,9-10H,4-6H2,1-3H3,(H,14,15). The Morgan fingerprint density at radius 2 is 2.06 bits per heavy atom. The fourth-order valence-corrected chi connectivity index (χ4v) is 2.02. The second-order valence-electron chi connectivity index (χ2n) is 4.37. The van der Waals surface area contributed by atoms with E-state index in [2.05, 4.69) is 0 Å². The van der Waals surface area contributed by atoms with Gasteiger partial charge in [-0.25, -0.2) is 4.79 Å². The van der Waals surface area contributed by atoms with E-state index in [0.717, 1.165) is 12.8 Å². The molecule has 0 aromatic rings. The predicted molar refractivity (Wildman–Crippen MR) is 58.0 cm³/mol. The number of ether oxygens (including phenoxy) is 1. The van der Waals surface area contributed by atoms with Crippen LogP contribution >= 0.6 is 0 Å². The molecule has 1 aliphatic carbocycles. The maximum Gasteiger partial charge on any atom is 0.326 e. The molecule has 2 unspecified atom stereocenters. The van der Waals surface area contributed by atoms with Gasteiger partial charge >= 0.3 is 5.97 Å². The predicted octanol–water partition coefficient (Wildman–Crippen LogP) is 0.733. The monoisotopic (exact) mass is 229 g/mol. The van der Waals surface area contributed by atoms with E-state index in [1.54, 1.807) is 6.92 Å². The SMILES string of the molecule is COCC(C)C(C(=O)O)N(C(C)=O)C1CC1. The van der Waals surface area contributed by atoms with Crippen molar-refractivity contribution in [1.29, 1.82) is 0 Å². The molecule has 0 saturated heterocycles. The molecule has 5 heteroatoms. The smallest absolute Gasteiger partial charge is 0.326 e. The molecular formula is C11H19NO4. The molecule has 1 fully saturated rings. The van der Waals surface area contributed by atoms with Gasteiger partial charge in [0.1, 0.15) is 6.04 Å². The number of rotatable bonds is 6. The molecule has 5 nitrogen and oxygen atoms in total. The number of carboxylic acids is 1. The van der Waals surface area contributed by atoms with Gasteiger partial charge in [-0.3, -0.25) is 4.79 Å². The number of hydrogen-bond acceptors (Lipinski definition) is 3. The van der Waals surface area contributed by atoms with Crippen molar-refractivity contribution in [1.82, 2.24) is 4.90 Å². The molecule has 1 rings (SSSR count). The molecule has 0 bridgehead atoms. The minimum absolute atomic E-state index is 0.109. The molecule has 1 N–H and O–H groups in total. The van der Waals surface area contributed by atoms with Crippen LogP contribution in [0, 0.1) is 5.92 Å². The highest BCUT2D eigenvalue weighted by Crippen LogP contribution is 2.31. The van der Waals surface area contributed by atoms with Crippen LogP contribution in [0.5, 0.6) is 0 Å². The summed E-state index contributed by atoms with van der Waals surface area (Å²) in [6, 6.07) is -0.664. The van der Waals surface area contributed by atoms with E-state index in [4.69, 9.17) is 4.74 Å². The average Bonchev–Trinajstić information content (AvgIpc) is 2.96. The zero-order valence-corrected chi connectivity index (χ0v) is 9.97. The van der Waals surface area contributed by atoms with Crippen LogP contribution < -0.4 is 0 Å². The van der Waals surface area contributed by atoms with Crippen LogP contribution in [0.4, 0.5) is 0 Å². The third-order valence-corrected chi connectivity index (χ3v) is 2.83. The lowest BCUT2D eigenvalue weighted by Crippen LogP contribution is -2.50. The highest BCUT2D eigenvalue weighted by atomic mass is 16.5. The number of methoxy groups -OCH3 is 1. The quantitative estimate of drug-likeness (QED) is 0.729. The summed E-state index contributed by atoms with van der Waals surface area (Å²) in [5.74, 6) is -1.32. The molecule has 0 aromatic carbocycles. The minimum atomic E-state index is -0.952. The van der Waals surface area contributed by atoms with E-state index >= 15 is 0 Å². The van der Waals surface area contributed by atoms with Crippen LogP contribution in [0.2, 0.25) is 0 Å². The van der Waals surface area contributed by atoms with Gasteiger partial charge in [-0.2, -0.15) is 0 Å². The number of amides is 1. The van der Waals surface area contributed by atoms with Gasteiger partial charge in [0.25, 0.3) is 0 Å². The summed E-state index contributed by atoms with van der Waals surface area (Å²) in [6.07, 6.45) is 1.81. The van der Waals surface area contributed by atoms with Crippen molar-refractivity contribution < 1.29 is 19.4 Å². The number of carbonyl (C=O) groups excluding carboxylic acids is 1. The molecule has 1 saturated carbocycles. The molecular weight excluding hydrogens is 210 g/mol. The summed E-state index contributed by atoms with van der Waals surface area (Å²) in [7, 11) is 1.53. The van der Waals surface area contributed by atoms with Crippen molar-refractivity contribution in [2.45, 2.75) is 38.8 Å². The summed E-state index contributed by atoms with van der Waals surface area (Å²) in [4.78, 5) is 24.2. The molecule has 2 atom stereocenters. The van der Waals surface area contributed by atoms with Gasteiger partial charge in [-0.05, 0) is 12.8 Å². The first-order valence-corrected chi connectivity index (χ1v) is 5.49. The van der Waals surface area contributed by atoms with Gasteiger partial charge in [-0.1, -0.05) is 6.92 Å². The van der Waals surface area contributed by atoms with Gasteiger partial charge in [0.05, 0.1) is 6.61 Å². The third-order valence-electron chi connectivity index (χ3n) is 2.83. The molecule has 1 aliphatic rings. The van der Waals surface area contributed by atoms with Gasteiger partial charge in [0.2, 0.25) is 5.91 Å². The lowest BCUT2D eigenvalue weighted by atomic mass is 10.0. The second-order valence-corrected chi connectivity index (χ2v) is 4.37. The van der Waals surface area contributed by atoms with E-state index in [9.17, 15) is 14.7 Å². The molecule has 0 aromatic heterocycles. The Bertz CT molecular complexity index is 275. The summed E-state index contributed by atoms with van der Waals surface area (Å²) >= 11 is 0. The Morgan fingerprint density at radius 3 is 2.38 bits per heavy atom. The van der Waals surface area contributed by atoms with Crippen molar-refractivity contribution in [3.63, 3.8) is 0 Å². The van der Waals surface area contributed by atoms with Crippen molar-refractivity contribution in [2.24, 2.45) is 5.92 Å². The zero-order valence-electron chi connectivity index (χ0n) is 9.97. The van der Waals surface area contributed by atoms with E-state index in [1.165, 1.54) is 18.9 Å². The fraction of sp³-hybridized carbons (Fsp3) is 0.818. The van der Waals surface area contributed by atoms with Crippen LogP contribution in [0.1, 0.15) is 26.7 Å². The lowest BCUT2D eigenvalue weighted by Gasteiger charge is -2.31. The summed E-state index contributed by atoms with van der Waals surface area (Å²) in [6.45, 7) is 3.56. The van der Waals surface area contributed by atoms with Gasteiger partial charge in [-0.15, -0.1) is 0 Å². The van der Waals surface area contributed by atoms with Crippen molar-refractivity contribution in [2.75, 3.05) is 13.7 Å². The Morgan fingerprint density at radius 1 is 1.50 bits per heavy atom. The van der Waals surface area contributed by atoms with Crippen LogP contribution in [-0.4, -0.2) is 47.7 Å². The van der Waals surface area contributed by atoms with Crippen molar-refractivity contribution >= 4 is 11.9 Å². The maximum atomic E-state index is 11.5. The largest absolute Gasteiger partial charge is 0.480 e. The first kappa shape index (κ1) is 13.0. The molecule has 16 heavy (non-hydrogen) atoms. The summed E-state index contributed by atoms with van der Waals surface area (Å²) in [5, 5.41) is 9.22. The molecule has 0 aliphatic heterocycles. The number of carbonyl (C=O) groups is 2. The number of nitrogens with zero attached hydrogens (tertiary/aromatic N) is 1. The first-order chi connectivity index (χ1) is 7.49. The number of aliphatic carboxylic acids is 1. The van der Waals surface area contributed by atoms with E-state index < -0.39 is 12.0 Å². The van der Waals surface area contributed by atoms with Crippen LogP contribution in [0.25, 0.3) is 0 Å². The lowest BCUT2D eigenvalue weighted by molar-refractivity contribution is -0.153. The van der Waals surface area contributed by atoms with Crippen molar-refractivity contribution in [3.8, 4) is 0 Å². The van der Waals surface area contributed by atoms with E-state index in [-0.39, 0.29) is 17.9 Å². The Labute approximate surface area is 95.4 Å². The topological polar surface area (TPSA) is 66.8 Å². The Kier molecular flexibility index (Phi) is 4.29. The van der Waals surface area contributed by atoms with Crippen molar-refractivity contribution in [3.05, 3.63) is 0 Å². The molecule has 92 valence electrons. The molecule has 1 amide bonds. The summed E-state index contributed by atoms with van der Waals surface area (Å²) < 4.78 is 4.96. The zero-order chi connectivity index (χ0) is 12.3. The van der Waals surface area contributed by atoms with Crippen LogP contribution in [-0.2, 0) is 14.3 Å². The number of hydrogen-bond donors (Lipinski definition) is 1. The number of carboxylic acid groups (broad SMARTS) is 1. The van der Waals surface area contributed by atoms with Gasteiger partial charge < -0.3 is 14.7 Å². The van der Waals surface area contributed by atoms with Crippen LogP contribution in [0.15, 0.2) is 0 Å². The van der Waals surface area contributed by atoms with Gasteiger partial charge in [0, 0.05) is 26.0 Å².